The number of para-hydroxylation sites is 1. The number of rotatable bonds is 6. The monoisotopic (exact) mass is 795 g/mol. The summed E-state index contributed by atoms with van der Waals surface area (Å²) in [6, 6.07) is 73.6. The van der Waals surface area contributed by atoms with E-state index in [0.29, 0.717) is 0 Å². The molecule has 0 atom stereocenters. The lowest BCUT2D eigenvalue weighted by atomic mass is 9.81. The van der Waals surface area contributed by atoms with Crippen LogP contribution in [-0.2, 0) is 10.8 Å². The molecule has 0 unspecified atom stereocenters. The van der Waals surface area contributed by atoms with E-state index in [1.54, 1.807) is 0 Å². The van der Waals surface area contributed by atoms with Crippen LogP contribution in [0.2, 0.25) is 0 Å². The predicted octanol–water partition coefficient (Wildman–Crippen LogP) is 16.7. The minimum Gasteiger partial charge on any atom is -0.456 e. The van der Waals surface area contributed by atoms with Gasteiger partial charge in [-0.05, 0) is 139 Å². The Morgan fingerprint density at radius 3 is 1.42 bits per heavy atom. The van der Waals surface area contributed by atoms with Gasteiger partial charge in [-0.1, -0.05) is 167 Å². The molecule has 0 amide bonds. The summed E-state index contributed by atoms with van der Waals surface area (Å²) in [7, 11) is 0. The largest absolute Gasteiger partial charge is 0.456 e. The van der Waals surface area contributed by atoms with Crippen molar-refractivity contribution in [2.24, 2.45) is 0 Å². The van der Waals surface area contributed by atoms with E-state index in [4.69, 9.17) is 4.42 Å². The van der Waals surface area contributed by atoms with E-state index in [1.165, 1.54) is 72.3 Å². The molecule has 0 spiro atoms. The molecule has 2 aliphatic carbocycles. The zero-order chi connectivity index (χ0) is 41.7. The van der Waals surface area contributed by atoms with Gasteiger partial charge >= 0.3 is 0 Å². The molecule has 62 heavy (non-hydrogen) atoms. The van der Waals surface area contributed by atoms with Gasteiger partial charge in [-0.15, -0.1) is 0 Å². The highest BCUT2D eigenvalue weighted by molar-refractivity contribution is 6.06. The molecule has 0 radical (unpaired) electrons. The zero-order valence-corrected chi connectivity index (χ0v) is 35.4. The summed E-state index contributed by atoms with van der Waals surface area (Å²) in [6.07, 6.45) is 0. The van der Waals surface area contributed by atoms with E-state index in [1.807, 2.05) is 12.1 Å². The summed E-state index contributed by atoms with van der Waals surface area (Å²) >= 11 is 0. The first-order valence-corrected chi connectivity index (χ1v) is 21.7. The average molecular weight is 796 g/mol. The standard InChI is InChI=1S/C60H45NO/c1-59(2)53-16-10-8-14-47(53)49-32-28-45(36-55(49)59)61(44-26-22-41(23-27-44)40-20-18-39(19-21-40)38-12-6-5-7-13-38)46-29-33-50-48-30-24-42(34-54(48)60(3,4)56(50)37-46)43-25-31-52-51-15-9-11-17-57(51)62-58(52)35-43/h5-37H,1-4H3. The first kappa shape index (κ1) is 36.4. The third-order valence-corrected chi connectivity index (χ3v) is 13.9. The molecule has 2 heteroatoms. The zero-order valence-electron chi connectivity index (χ0n) is 35.4. The molecule has 0 bridgehead atoms. The molecule has 2 nitrogen and oxygen atoms in total. The number of furan rings is 1. The van der Waals surface area contributed by atoms with Gasteiger partial charge in [0.1, 0.15) is 11.2 Å². The van der Waals surface area contributed by atoms with Crippen molar-refractivity contribution >= 4 is 39.0 Å². The molecule has 10 aromatic rings. The Balaban J connectivity index is 0.939. The van der Waals surface area contributed by atoms with E-state index < -0.39 is 0 Å². The lowest BCUT2D eigenvalue weighted by Gasteiger charge is -2.30. The Morgan fingerprint density at radius 2 is 0.742 bits per heavy atom. The van der Waals surface area contributed by atoms with Crippen LogP contribution >= 0.6 is 0 Å². The Bertz CT molecular complexity index is 3390. The third-order valence-electron chi connectivity index (χ3n) is 13.9. The van der Waals surface area contributed by atoms with Crippen LogP contribution in [0, 0.1) is 0 Å². The molecule has 2 aliphatic rings. The lowest BCUT2D eigenvalue weighted by Crippen LogP contribution is -2.18. The van der Waals surface area contributed by atoms with Crippen LogP contribution in [0.5, 0.6) is 0 Å². The second-order valence-electron chi connectivity index (χ2n) is 18.2. The minimum atomic E-state index is -0.219. The molecule has 0 N–H and O–H groups in total. The van der Waals surface area contributed by atoms with Crippen LogP contribution in [0.1, 0.15) is 49.9 Å². The van der Waals surface area contributed by atoms with Crippen molar-refractivity contribution in [1.82, 2.24) is 0 Å². The minimum absolute atomic E-state index is 0.113. The summed E-state index contributed by atoms with van der Waals surface area (Å²) in [6.45, 7) is 9.49. The number of fused-ring (bicyclic) bond motifs is 9. The molecule has 1 heterocycles. The quantitative estimate of drug-likeness (QED) is 0.167. The van der Waals surface area contributed by atoms with Crippen LogP contribution < -0.4 is 4.90 Å². The number of hydrogen-bond donors (Lipinski definition) is 0. The van der Waals surface area contributed by atoms with Gasteiger partial charge in [-0.3, -0.25) is 0 Å². The molecule has 9 aromatic carbocycles. The van der Waals surface area contributed by atoms with E-state index >= 15 is 0 Å². The molecule has 0 aliphatic heterocycles. The molecule has 0 fully saturated rings. The van der Waals surface area contributed by atoms with Gasteiger partial charge in [0.05, 0.1) is 0 Å². The Kier molecular flexibility index (Phi) is 7.96. The van der Waals surface area contributed by atoms with Crippen molar-refractivity contribution in [3.05, 3.63) is 222 Å². The first-order valence-electron chi connectivity index (χ1n) is 21.7. The van der Waals surface area contributed by atoms with E-state index in [9.17, 15) is 0 Å². The first-order chi connectivity index (χ1) is 30.2. The van der Waals surface area contributed by atoms with Crippen LogP contribution in [0.25, 0.3) is 77.6 Å². The Hall–Kier alpha value is -7.42. The van der Waals surface area contributed by atoms with Gasteiger partial charge in [0.25, 0.3) is 0 Å². The fraction of sp³-hybridized carbons (Fsp3) is 0.100. The van der Waals surface area contributed by atoms with Crippen molar-refractivity contribution < 1.29 is 4.42 Å². The predicted molar refractivity (Wildman–Crippen MR) is 260 cm³/mol. The van der Waals surface area contributed by atoms with Crippen LogP contribution in [0.15, 0.2) is 205 Å². The number of hydrogen-bond acceptors (Lipinski definition) is 2. The summed E-state index contributed by atoms with van der Waals surface area (Å²) in [4.78, 5) is 2.45. The van der Waals surface area contributed by atoms with Crippen molar-refractivity contribution in [1.29, 1.82) is 0 Å². The van der Waals surface area contributed by atoms with Crippen molar-refractivity contribution in [3.63, 3.8) is 0 Å². The van der Waals surface area contributed by atoms with Crippen LogP contribution in [0.3, 0.4) is 0 Å². The smallest absolute Gasteiger partial charge is 0.136 e. The average Bonchev–Trinajstić information content (AvgIpc) is 3.88. The highest BCUT2D eigenvalue weighted by Gasteiger charge is 2.38. The second-order valence-corrected chi connectivity index (χ2v) is 18.2. The Morgan fingerprint density at radius 1 is 0.306 bits per heavy atom. The van der Waals surface area contributed by atoms with Crippen molar-refractivity contribution in [2.75, 3.05) is 4.90 Å². The topological polar surface area (TPSA) is 16.4 Å². The van der Waals surface area contributed by atoms with Gasteiger partial charge in [0.2, 0.25) is 0 Å². The van der Waals surface area contributed by atoms with E-state index in [0.717, 1.165) is 44.6 Å². The van der Waals surface area contributed by atoms with E-state index in [-0.39, 0.29) is 10.8 Å². The van der Waals surface area contributed by atoms with Gasteiger partial charge in [-0.25, -0.2) is 0 Å². The fourth-order valence-corrected chi connectivity index (χ4v) is 10.5. The van der Waals surface area contributed by atoms with E-state index in [2.05, 4.69) is 221 Å². The molecule has 0 saturated heterocycles. The number of anilines is 3. The van der Waals surface area contributed by atoms with Crippen LogP contribution in [0.4, 0.5) is 17.1 Å². The summed E-state index contributed by atoms with van der Waals surface area (Å²) < 4.78 is 6.30. The fourth-order valence-electron chi connectivity index (χ4n) is 10.5. The second kappa shape index (κ2) is 13.5. The summed E-state index contributed by atoms with van der Waals surface area (Å²) in [5.74, 6) is 0. The van der Waals surface area contributed by atoms with Gasteiger partial charge in [-0.2, -0.15) is 0 Å². The molecule has 12 rings (SSSR count). The molecule has 0 saturated carbocycles. The summed E-state index contributed by atoms with van der Waals surface area (Å²) in [5, 5.41) is 2.31. The molecule has 1 aromatic heterocycles. The van der Waals surface area contributed by atoms with Gasteiger partial charge in [0, 0.05) is 38.7 Å². The maximum atomic E-state index is 6.30. The Labute approximate surface area is 363 Å². The normalized spacial score (nSPS) is 14.1. The number of nitrogens with zero attached hydrogens (tertiary/aromatic N) is 1. The van der Waals surface area contributed by atoms with Crippen molar-refractivity contribution in [2.45, 2.75) is 38.5 Å². The molecule has 296 valence electrons. The SMILES string of the molecule is CC1(C)c2ccccc2-c2ccc(N(c3ccc(-c4ccc(-c5ccccc5)cc4)cc3)c3ccc4c(c3)C(C)(C)c3cc(-c5ccc6c(c5)oc5ccccc56)ccc3-4)cc21. The highest BCUT2D eigenvalue weighted by atomic mass is 16.3. The van der Waals surface area contributed by atoms with Crippen LogP contribution in [-0.4, -0.2) is 0 Å². The maximum Gasteiger partial charge on any atom is 0.136 e. The van der Waals surface area contributed by atoms with Gasteiger partial charge < -0.3 is 9.32 Å². The van der Waals surface area contributed by atoms with Gasteiger partial charge in [0.15, 0.2) is 0 Å². The number of benzene rings is 9. The molecular formula is C60H45NO. The van der Waals surface area contributed by atoms with Crippen molar-refractivity contribution in [3.8, 4) is 55.6 Å². The lowest BCUT2D eigenvalue weighted by molar-refractivity contribution is 0.660. The third kappa shape index (κ3) is 5.56. The maximum absolute atomic E-state index is 6.30. The molecular weight excluding hydrogens is 751 g/mol. The highest BCUT2D eigenvalue weighted by Crippen LogP contribution is 2.54. The summed E-state index contributed by atoms with van der Waals surface area (Å²) in [5.41, 5.74) is 22.8.